The van der Waals surface area contributed by atoms with Crippen LogP contribution in [0.15, 0.2) is 39.8 Å². The molecule has 31 heavy (non-hydrogen) atoms. The first-order valence-corrected chi connectivity index (χ1v) is 12.1. The first-order chi connectivity index (χ1) is 14.9. The largest absolute Gasteiger partial charge is 0.360 e. The van der Waals surface area contributed by atoms with Crippen LogP contribution in [0.25, 0.3) is 10.8 Å². The van der Waals surface area contributed by atoms with Gasteiger partial charge < -0.3 is 9.84 Å². The number of nitrogens with zero attached hydrogens (tertiary/aromatic N) is 2. The second-order valence-electron chi connectivity index (χ2n) is 8.43. The second kappa shape index (κ2) is 7.46. The summed E-state index contributed by atoms with van der Waals surface area (Å²) in [7, 11) is -3.67. The average Bonchev–Trinajstić information content (AvgIpc) is 3.34. The molecule has 8 heteroatoms. The highest BCUT2D eigenvalue weighted by molar-refractivity contribution is 7.89. The van der Waals surface area contributed by atoms with E-state index in [0.29, 0.717) is 37.4 Å². The van der Waals surface area contributed by atoms with Gasteiger partial charge in [-0.1, -0.05) is 29.4 Å². The summed E-state index contributed by atoms with van der Waals surface area (Å²) in [6.45, 7) is 3.83. The van der Waals surface area contributed by atoms with E-state index in [1.165, 1.54) is 20.8 Å². The van der Waals surface area contributed by atoms with Crippen molar-refractivity contribution in [1.29, 1.82) is 0 Å². The van der Waals surface area contributed by atoms with E-state index in [-0.39, 0.29) is 16.7 Å². The van der Waals surface area contributed by atoms with Crippen LogP contribution in [-0.2, 0) is 27.7 Å². The van der Waals surface area contributed by atoms with E-state index in [9.17, 15) is 13.2 Å². The maximum absolute atomic E-state index is 13.0. The standard InChI is InChI=1S/C23H25N3O4S/c1-14-22(15(2)30-25-14)31(28,29)26-12-10-18(11-13-26)23(27)24-20-9-8-17-7-6-16-4-3-5-19(20)21(16)17/h3-5,8-9,18H,6-7,10-13H2,1-2H3,(H,24,27). The lowest BCUT2D eigenvalue weighted by molar-refractivity contribution is -0.120. The number of aromatic nitrogens is 1. The van der Waals surface area contributed by atoms with Crippen molar-refractivity contribution in [3.63, 3.8) is 0 Å². The zero-order chi connectivity index (χ0) is 21.8. The Kier molecular flexibility index (Phi) is 4.86. The summed E-state index contributed by atoms with van der Waals surface area (Å²) < 4.78 is 32.5. The Morgan fingerprint density at radius 3 is 2.48 bits per heavy atom. The molecule has 5 rings (SSSR count). The van der Waals surface area contributed by atoms with Crippen LogP contribution in [0.3, 0.4) is 0 Å². The highest BCUT2D eigenvalue weighted by Crippen LogP contribution is 2.35. The Morgan fingerprint density at radius 2 is 1.81 bits per heavy atom. The molecule has 2 aromatic carbocycles. The van der Waals surface area contributed by atoms with Crippen LogP contribution < -0.4 is 5.32 Å². The summed E-state index contributed by atoms with van der Waals surface area (Å²) in [5, 5.41) is 9.22. The van der Waals surface area contributed by atoms with E-state index in [1.807, 2.05) is 12.1 Å². The van der Waals surface area contributed by atoms with Crippen LogP contribution in [-0.4, -0.2) is 36.9 Å². The van der Waals surface area contributed by atoms with Crippen molar-refractivity contribution in [1.82, 2.24) is 9.46 Å². The first-order valence-electron chi connectivity index (χ1n) is 10.6. The number of nitrogens with one attached hydrogen (secondary N) is 1. The van der Waals surface area contributed by atoms with Gasteiger partial charge in [0.1, 0.15) is 10.6 Å². The smallest absolute Gasteiger partial charge is 0.248 e. The number of piperidine rings is 1. The van der Waals surface area contributed by atoms with Crippen LogP contribution in [0, 0.1) is 19.8 Å². The minimum absolute atomic E-state index is 0.0481. The number of hydrogen-bond acceptors (Lipinski definition) is 5. The number of carbonyl (C=O) groups excluding carboxylic acids is 1. The number of sulfonamides is 1. The number of carbonyl (C=O) groups is 1. The first kappa shape index (κ1) is 20.2. The lowest BCUT2D eigenvalue weighted by Crippen LogP contribution is -2.41. The van der Waals surface area contributed by atoms with Crippen LogP contribution in [0.2, 0.25) is 0 Å². The van der Waals surface area contributed by atoms with E-state index >= 15 is 0 Å². The SMILES string of the molecule is Cc1noc(C)c1S(=O)(=O)N1CCC(C(=O)Nc2ccc3c4c(cccc24)CC3)CC1. The van der Waals surface area contributed by atoms with Gasteiger partial charge in [-0.2, -0.15) is 4.31 Å². The van der Waals surface area contributed by atoms with E-state index in [4.69, 9.17) is 4.52 Å². The molecule has 0 atom stereocenters. The third kappa shape index (κ3) is 3.34. The van der Waals surface area contributed by atoms with Crippen molar-refractivity contribution >= 4 is 32.4 Å². The van der Waals surface area contributed by atoms with Gasteiger partial charge in [0, 0.05) is 30.1 Å². The van der Waals surface area contributed by atoms with Crippen molar-refractivity contribution < 1.29 is 17.7 Å². The molecule has 3 aromatic rings. The monoisotopic (exact) mass is 439 g/mol. The molecular weight excluding hydrogens is 414 g/mol. The number of aryl methyl sites for hydroxylation is 4. The van der Waals surface area contributed by atoms with Gasteiger partial charge in [-0.25, -0.2) is 8.42 Å². The van der Waals surface area contributed by atoms with Gasteiger partial charge in [0.25, 0.3) is 0 Å². The van der Waals surface area contributed by atoms with Crippen molar-refractivity contribution in [2.45, 2.75) is 44.4 Å². The predicted molar refractivity (Wildman–Crippen MR) is 117 cm³/mol. The predicted octanol–water partition coefficient (Wildman–Crippen LogP) is 3.58. The molecule has 1 aromatic heterocycles. The van der Waals surface area contributed by atoms with E-state index in [1.54, 1.807) is 13.8 Å². The molecule has 1 aliphatic heterocycles. The Hall–Kier alpha value is -2.71. The van der Waals surface area contributed by atoms with E-state index in [2.05, 4.69) is 28.7 Å². The molecule has 1 aliphatic carbocycles. The average molecular weight is 440 g/mol. The molecule has 0 spiro atoms. The molecule has 0 bridgehead atoms. The number of rotatable bonds is 4. The summed E-state index contributed by atoms with van der Waals surface area (Å²) in [6, 6.07) is 10.3. The molecular formula is C23H25N3O4S. The Balaban J connectivity index is 1.30. The zero-order valence-electron chi connectivity index (χ0n) is 17.6. The minimum atomic E-state index is -3.67. The lowest BCUT2D eigenvalue weighted by atomic mass is 9.96. The minimum Gasteiger partial charge on any atom is -0.360 e. The molecule has 162 valence electrons. The number of benzene rings is 2. The van der Waals surface area contributed by atoms with Gasteiger partial charge >= 0.3 is 0 Å². The normalized spacial score (nSPS) is 17.4. The zero-order valence-corrected chi connectivity index (χ0v) is 18.5. The van der Waals surface area contributed by atoms with Crippen molar-refractivity contribution in [2.24, 2.45) is 5.92 Å². The van der Waals surface area contributed by atoms with Crippen LogP contribution in [0.4, 0.5) is 5.69 Å². The van der Waals surface area contributed by atoms with Crippen molar-refractivity contribution in [3.8, 4) is 0 Å². The quantitative estimate of drug-likeness (QED) is 0.671. The second-order valence-corrected chi connectivity index (χ2v) is 10.3. The Bertz CT molecular complexity index is 1260. The highest BCUT2D eigenvalue weighted by atomic mass is 32.2. The highest BCUT2D eigenvalue weighted by Gasteiger charge is 2.35. The molecule has 2 heterocycles. The Morgan fingerprint density at radius 1 is 1.10 bits per heavy atom. The van der Waals surface area contributed by atoms with Gasteiger partial charge in [-0.3, -0.25) is 4.79 Å². The fraction of sp³-hybridized carbons (Fsp3) is 0.391. The molecule has 1 saturated heterocycles. The van der Waals surface area contributed by atoms with Crippen molar-refractivity contribution in [2.75, 3.05) is 18.4 Å². The summed E-state index contributed by atoms with van der Waals surface area (Å²) in [6.07, 6.45) is 3.05. The molecule has 0 radical (unpaired) electrons. The fourth-order valence-corrected chi connectivity index (χ4v) is 6.68. The van der Waals surface area contributed by atoms with Gasteiger partial charge in [0.15, 0.2) is 5.76 Å². The molecule has 0 saturated carbocycles. The third-order valence-corrected chi connectivity index (χ3v) is 8.67. The Labute approximate surface area is 181 Å². The topological polar surface area (TPSA) is 92.5 Å². The van der Waals surface area contributed by atoms with Gasteiger partial charge in [0.05, 0.1) is 0 Å². The van der Waals surface area contributed by atoms with Gasteiger partial charge in [0.2, 0.25) is 15.9 Å². The molecule has 0 unspecified atom stereocenters. The van der Waals surface area contributed by atoms with Crippen molar-refractivity contribution in [3.05, 3.63) is 52.9 Å². The molecule has 1 N–H and O–H groups in total. The van der Waals surface area contributed by atoms with Crippen LogP contribution in [0.1, 0.15) is 35.4 Å². The summed E-state index contributed by atoms with van der Waals surface area (Å²) in [5.41, 5.74) is 3.87. The van der Waals surface area contributed by atoms with Crippen LogP contribution in [0.5, 0.6) is 0 Å². The van der Waals surface area contributed by atoms with E-state index in [0.717, 1.165) is 23.9 Å². The number of hydrogen-bond donors (Lipinski definition) is 1. The fourth-order valence-electron chi connectivity index (χ4n) is 4.92. The molecule has 1 amide bonds. The van der Waals surface area contributed by atoms with E-state index < -0.39 is 10.0 Å². The number of anilines is 1. The maximum atomic E-state index is 13.0. The summed E-state index contributed by atoms with van der Waals surface area (Å²) >= 11 is 0. The van der Waals surface area contributed by atoms with Gasteiger partial charge in [-0.15, -0.1) is 0 Å². The molecule has 1 fully saturated rings. The van der Waals surface area contributed by atoms with Crippen LogP contribution >= 0.6 is 0 Å². The number of amides is 1. The third-order valence-electron chi connectivity index (χ3n) is 6.53. The maximum Gasteiger partial charge on any atom is 0.248 e. The summed E-state index contributed by atoms with van der Waals surface area (Å²) in [4.78, 5) is 13.1. The molecule has 2 aliphatic rings. The lowest BCUT2D eigenvalue weighted by Gasteiger charge is -2.30. The van der Waals surface area contributed by atoms with Gasteiger partial charge in [-0.05, 0) is 62.1 Å². The summed E-state index contributed by atoms with van der Waals surface area (Å²) in [5.74, 6) is 0.0247. The molecule has 7 nitrogen and oxygen atoms in total.